The fourth-order valence-electron chi connectivity index (χ4n) is 4.07. The molecule has 2 aromatic carbocycles. The smallest absolute Gasteiger partial charge is 0.119 e. The Morgan fingerprint density at radius 1 is 0.714 bits per heavy atom. The molecule has 1 aliphatic rings. The SMILES string of the molecule is CC(S)COc1ccc(C2(c3ccc(OCC(C)S)cc3)CCCCC2)cc1. The van der Waals surface area contributed by atoms with Crippen LogP contribution in [0.2, 0.25) is 0 Å². The summed E-state index contributed by atoms with van der Waals surface area (Å²) in [6.07, 6.45) is 6.24. The maximum absolute atomic E-state index is 5.81. The third-order valence-corrected chi connectivity index (χ3v) is 5.80. The summed E-state index contributed by atoms with van der Waals surface area (Å²) < 4.78 is 11.6. The van der Waals surface area contributed by atoms with E-state index in [0.717, 1.165) is 11.5 Å². The van der Waals surface area contributed by atoms with Gasteiger partial charge in [0, 0.05) is 15.9 Å². The topological polar surface area (TPSA) is 18.5 Å². The molecule has 0 spiro atoms. The lowest BCUT2D eigenvalue weighted by Crippen LogP contribution is -2.30. The van der Waals surface area contributed by atoms with Crippen LogP contribution in [0.1, 0.15) is 57.1 Å². The number of benzene rings is 2. The zero-order chi connectivity index (χ0) is 20.0. The predicted octanol–water partition coefficient (Wildman–Crippen LogP) is 6.33. The van der Waals surface area contributed by atoms with Crippen molar-refractivity contribution in [2.75, 3.05) is 13.2 Å². The number of rotatable bonds is 8. The molecule has 0 aliphatic heterocycles. The fourth-order valence-corrected chi connectivity index (χ4v) is 4.22. The molecule has 0 saturated heterocycles. The molecule has 3 rings (SSSR count). The van der Waals surface area contributed by atoms with Gasteiger partial charge in [-0.3, -0.25) is 0 Å². The Bertz CT molecular complexity index is 660. The normalized spacial score (nSPS) is 18.3. The van der Waals surface area contributed by atoms with E-state index >= 15 is 0 Å². The van der Waals surface area contributed by atoms with Crippen molar-refractivity contribution in [2.45, 2.75) is 61.9 Å². The fraction of sp³-hybridized carbons (Fsp3) is 0.500. The van der Waals surface area contributed by atoms with Crippen LogP contribution in [0.25, 0.3) is 0 Å². The molecule has 4 heteroatoms. The zero-order valence-electron chi connectivity index (χ0n) is 16.9. The van der Waals surface area contributed by atoms with E-state index in [2.05, 4.69) is 73.8 Å². The molecule has 1 aliphatic carbocycles. The van der Waals surface area contributed by atoms with Crippen LogP contribution in [0, 0.1) is 0 Å². The van der Waals surface area contributed by atoms with Crippen molar-refractivity contribution in [2.24, 2.45) is 0 Å². The molecule has 2 aromatic rings. The van der Waals surface area contributed by atoms with Gasteiger partial charge < -0.3 is 9.47 Å². The van der Waals surface area contributed by atoms with Crippen LogP contribution >= 0.6 is 25.3 Å². The monoisotopic (exact) mass is 416 g/mol. The average Bonchev–Trinajstić information content (AvgIpc) is 2.72. The molecule has 1 saturated carbocycles. The Kier molecular flexibility index (Phi) is 7.64. The van der Waals surface area contributed by atoms with Gasteiger partial charge in [-0.25, -0.2) is 0 Å². The quantitative estimate of drug-likeness (QED) is 0.490. The summed E-state index contributed by atoms with van der Waals surface area (Å²) in [5.41, 5.74) is 2.86. The minimum atomic E-state index is 0.0863. The molecule has 2 atom stereocenters. The van der Waals surface area contributed by atoms with Crippen LogP contribution < -0.4 is 9.47 Å². The van der Waals surface area contributed by atoms with Crippen molar-refractivity contribution in [3.05, 3.63) is 59.7 Å². The second kappa shape index (κ2) is 9.98. The Morgan fingerprint density at radius 2 is 1.11 bits per heavy atom. The van der Waals surface area contributed by atoms with Crippen LogP contribution in [0.15, 0.2) is 48.5 Å². The molecule has 0 N–H and O–H groups in total. The number of ether oxygens (including phenoxy) is 2. The van der Waals surface area contributed by atoms with Gasteiger partial charge >= 0.3 is 0 Å². The predicted molar refractivity (Wildman–Crippen MR) is 125 cm³/mol. The lowest BCUT2D eigenvalue weighted by molar-refractivity contribution is 0.319. The highest BCUT2D eigenvalue weighted by Gasteiger charge is 2.35. The molecule has 0 amide bonds. The number of hydrogen-bond acceptors (Lipinski definition) is 4. The maximum Gasteiger partial charge on any atom is 0.119 e. The second-order valence-electron chi connectivity index (χ2n) is 8.01. The van der Waals surface area contributed by atoms with E-state index in [4.69, 9.17) is 9.47 Å². The first kappa shape index (κ1) is 21.4. The lowest BCUT2D eigenvalue weighted by atomic mass is 9.65. The van der Waals surface area contributed by atoms with Gasteiger partial charge in [-0.15, -0.1) is 0 Å². The van der Waals surface area contributed by atoms with Gasteiger partial charge in [0.15, 0.2) is 0 Å². The first-order chi connectivity index (χ1) is 13.5. The first-order valence-corrected chi connectivity index (χ1v) is 11.4. The molecule has 28 heavy (non-hydrogen) atoms. The van der Waals surface area contributed by atoms with Crippen molar-refractivity contribution >= 4 is 25.3 Å². The van der Waals surface area contributed by atoms with Gasteiger partial charge in [-0.2, -0.15) is 25.3 Å². The molecule has 2 nitrogen and oxygen atoms in total. The summed E-state index contributed by atoms with van der Waals surface area (Å²) >= 11 is 8.78. The Morgan fingerprint density at radius 3 is 1.46 bits per heavy atom. The average molecular weight is 417 g/mol. The van der Waals surface area contributed by atoms with E-state index in [-0.39, 0.29) is 15.9 Å². The van der Waals surface area contributed by atoms with Crippen molar-refractivity contribution in [3.8, 4) is 11.5 Å². The van der Waals surface area contributed by atoms with Gasteiger partial charge in [0.1, 0.15) is 11.5 Å². The van der Waals surface area contributed by atoms with Crippen molar-refractivity contribution in [3.63, 3.8) is 0 Å². The Labute approximate surface area is 180 Å². The Hall–Kier alpha value is -1.26. The summed E-state index contributed by atoms with van der Waals surface area (Å²) in [6, 6.07) is 17.4. The first-order valence-electron chi connectivity index (χ1n) is 10.3. The van der Waals surface area contributed by atoms with E-state index in [1.165, 1.54) is 43.2 Å². The lowest BCUT2D eigenvalue weighted by Gasteiger charge is -2.38. The standard InChI is InChI=1S/C24H32O2S2/c1-18(27)16-25-22-10-6-20(7-11-22)24(14-4-3-5-15-24)21-8-12-23(13-9-21)26-17-19(2)28/h6-13,18-19,27-28H,3-5,14-17H2,1-2H3. The van der Waals surface area contributed by atoms with Crippen molar-refractivity contribution in [1.82, 2.24) is 0 Å². The van der Waals surface area contributed by atoms with Crippen molar-refractivity contribution in [1.29, 1.82) is 0 Å². The van der Waals surface area contributed by atoms with E-state index in [1.807, 2.05) is 13.8 Å². The number of hydrogen-bond donors (Lipinski definition) is 2. The highest BCUT2D eigenvalue weighted by atomic mass is 32.1. The van der Waals surface area contributed by atoms with Gasteiger partial charge in [0.2, 0.25) is 0 Å². The third kappa shape index (κ3) is 5.42. The van der Waals surface area contributed by atoms with Gasteiger partial charge in [0.25, 0.3) is 0 Å². The van der Waals surface area contributed by atoms with E-state index in [1.54, 1.807) is 0 Å². The Balaban J connectivity index is 1.82. The summed E-state index contributed by atoms with van der Waals surface area (Å²) in [7, 11) is 0. The molecule has 0 heterocycles. The molecular formula is C24H32O2S2. The second-order valence-corrected chi connectivity index (χ2v) is 9.77. The number of thiol groups is 2. The van der Waals surface area contributed by atoms with Gasteiger partial charge in [0.05, 0.1) is 13.2 Å². The van der Waals surface area contributed by atoms with E-state index in [9.17, 15) is 0 Å². The summed E-state index contributed by atoms with van der Waals surface area (Å²) in [5, 5.41) is 0.464. The van der Waals surface area contributed by atoms with Crippen molar-refractivity contribution < 1.29 is 9.47 Å². The minimum Gasteiger partial charge on any atom is -0.492 e. The zero-order valence-corrected chi connectivity index (χ0v) is 18.7. The summed E-state index contributed by atoms with van der Waals surface area (Å²) in [4.78, 5) is 0. The maximum atomic E-state index is 5.81. The van der Waals surface area contributed by atoms with Crippen LogP contribution in [0.4, 0.5) is 0 Å². The summed E-state index contributed by atoms with van der Waals surface area (Å²) in [5.74, 6) is 1.83. The minimum absolute atomic E-state index is 0.0863. The molecule has 0 aromatic heterocycles. The molecule has 0 radical (unpaired) electrons. The molecule has 2 unspecified atom stereocenters. The van der Waals surface area contributed by atoms with Crippen LogP contribution in [0.5, 0.6) is 11.5 Å². The van der Waals surface area contributed by atoms with Crippen LogP contribution in [-0.2, 0) is 5.41 Å². The summed E-state index contributed by atoms with van der Waals surface area (Å²) in [6.45, 7) is 5.33. The highest BCUT2D eigenvalue weighted by Crippen LogP contribution is 2.45. The van der Waals surface area contributed by atoms with Crippen LogP contribution in [0.3, 0.4) is 0 Å². The highest BCUT2D eigenvalue weighted by molar-refractivity contribution is 7.81. The van der Waals surface area contributed by atoms with E-state index < -0.39 is 0 Å². The third-order valence-electron chi connectivity index (χ3n) is 5.50. The molecule has 0 bridgehead atoms. The van der Waals surface area contributed by atoms with Crippen LogP contribution in [-0.4, -0.2) is 23.7 Å². The molecule has 152 valence electrons. The molecular weight excluding hydrogens is 384 g/mol. The largest absolute Gasteiger partial charge is 0.492 e. The van der Waals surface area contributed by atoms with Gasteiger partial charge in [-0.1, -0.05) is 57.4 Å². The van der Waals surface area contributed by atoms with Gasteiger partial charge in [-0.05, 0) is 48.2 Å². The molecule has 1 fully saturated rings. The van der Waals surface area contributed by atoms with E-state index in [0.29, 0.717) is 13.2 Å².